The van der Waals surface area contributed by atoms with Gasteiger partial charge in [-0.2, -0.15) is 5.10 Å². The van der Waals surface area contributed by atoms with Crippen molar-refractivity contribution in [3.8, 4) is 0 Å². The van der Waals surface area contributed by atoms with Gasteiger partial charge in [0.05, 0.1) is 5.52 Å². The third-order valence-electron chi connectivity index (χ3n) is 3.46. The van der Waals surface area contributed by atoms with Crippen LogP contribution >= 0.6 is 11.8 Å². The number of hydrogen-bond acceptors (Lipinski definition) is 4. The number of carbonyl (C=O) groups excluding carboxylic acids is 2. The number of benzene rings is 1. The quantitative estimate of drug-likeness (QED) is 0.921. The summed E-state index contributed by atoms with van der Waals surface area (Å²) in [6, 6.07) is 5.82. The second-order valence-electron chi connectivity index (χ2n) is 4.99. The van der Waals surface area contributed by atoms with E-state index in [1.165, 1.54) is 18.7 Å². The lowest BCUT2D eigenvalue weighted by Gasteiger charge is -2.16. The van der Waals surface area contributed by atoms with Crippen molar-refractivity contribution < 1.29 is 9.59 Å². The standard InChI is InChI=1S/C14H15N3O2S/c1-8-12-4-3-10(5-13(12)16-15-8)17-7-11(6-14(17)19)20-9(2)18/h3-5,11H,6-7H2,1-2H3,(H,15,16). The summed E-state index contributed by atoms with van der Waals surface area (Å²) in [5, 5.41) is 8.33. The van der Waals surface area contributed by atoms with E-state index in [1.807, 2.05) is 25.1 Å². The minimum absolute atomic E-state index is 0.0524. The Balaban J connectivity index is 1.87. The smallest absolute Gasteiger partial charge is 0.228 e. The van der Waals surface area contributed by atoms with Gasteiger partial charge >= 0.3 is 0 Å². The van der Waals surface area contributed by atoms with Gasteiger partial charge in [-0.15, -0.1) is 0 Å². The number of nitrogens with zero attached hydrogens (tertiary/aromatic N) is 2. The number of hydrogen-bond donors (Lipinski definition) is 1. The van der Waals surface area contributed by atoms with E-state index in [0.717, 1.165) is 22.3 Å². The molecule has 20 heavy (non-hydrogen) atoms. The van der Waals surface area contributed by atoms with Crippen molar-refractivity contribution in [2.75, 3.05) is 11.4 Å². The molecule has 1 saturated heterocycles. The first-order valence-electron chi connectivity index (χ1n) is 6.47. The fourth-order valence-electron chi connectivity index (χ4n) is 2.54. The zero-order chi connectivity index (χ0) is 14.3. The van der Waals surface area contributed by atoms with Crippen LogP contribution in [0.4, 0.5) is 5.69 Å². The van der Waals surface area contributed by atoms with Crippen molar-refractivity contribution >= 4 is 39.4 Å². The fraction of sp³-hybridized carbons (Fsp3) is 0.357. The molecule has 0 spiro atoms. The van der Waals surface area contributed by atoms with E-state index < -0.39 is 0 Å². The average Bonchev–Trinajstić information content (AvgIpc) is 2.92. The van der Waals surface area contributed by atoms with Crippen molar-refractivity contribution in [3.05, 3.63) is 23.9 Å². The summed E-state index contributed by atoms with van der Waals surface area (Å²) in [5.41, 5.74) is 2.72. The molecular weight excluding hydrogens is 274 g/mol. The number of anilines is 1. The van der Waals surface area contributed by atoms with Gasteiger partial charge in [-0.1, -0.05) is 11.8 Å². The number of aryl methyl sites for hydroxylation is 1. The molecule has 1 aliphatic rings. The van der Waals surface area contributed by atoms with Crippen LogP contribution in [0.5, 0.6) is 0 Å². The van der Waals surface area contributed by atoms with Gasteiger partial charge in [0.2, 0.25) is 5.91 Å². The van der Waals surface area contributed by atoms with Crippen LogP contribution in [-0.2, 0) is 9.59 Å². The van der Waals surface area contributed by atoms with Crippen LogP contribution in [0.2, 0.25) is 0 Å². The summed E-state index contributed by atoms with van der Waals surface area (Å²) in [7, 11) is 0. The Bertz CT molecular complexity index is 695. The lowest BCUT2D eigenvalue weighted by molar-refractivity contribution is -0.117. The lowest BCUT2D eigenvalue weighted by Crippen LogP contribution is -2.24. The van der Waals surface area contributed by atoms with Crippen LogP contribution in [0.3, 0.4) is 0 Å². The van der Waals surface area contributed by atoms with Crippen LogP contribution in [0.15, 0.2) is 18.2 Å². The molecule has 0 radical (unpaired) electrons. The van der Waals surface area contributed by atoms with Gasteiger partial charge in [0, 0.05) is 41.9 Å². The summed E-state index contributed by atoms with van der Waals surface area (Å²) >= 11 is 1.25. The number of nitrogens with one attached hydrogen (secondary N) is 1. The molecule has 1 aromatic heterocycles. The van der Waals surface area contributed by atoms with E-state index in [1.54, 1.807) is 4.90 Å². The number of aromatic amines is 1. The number of rotatable bonds is 2. The molecule has 104 valence electrons. The molecule has 5 nitrogen and oxygen atoms in total. The minimum Gasteiger partial charge on any atom is -0.311 e. The molecule has 1 atom stereocenters. The molecular formula is C14H15N3O2S. The highest BCUT2D eigenvalue weighted by Gasteiger charge is 2.32. The van der Waals surface area contributed by atoms with Crippen LogP contribution in [0, 0.1) is 6.92 Å². The van der Waals surface area contributed by atoms with Crippen LogP contribution in [0.1, 0.15) is 19.0 Å². The van der Waals surface area contributed by atoms with E-state index >= 15 is 0 Å². The molecule has 3 rings (SSSR count). The van der Waals surface area contributed by atoms with Gasteiger partial charge in [-0.25, -0.2) is 0 Å². The maximum Gasteiger partial charge on any atom is 0.228 e. The molecule has 1 fully saturated rings. The number of thioether (sulfide) groups is 1. The predicted molar refractivity (Wildman–Crippen MR) is 79.9 cm³/mol. The number of fused-ring (bicyclic) bond motifs is 1. The Kier molecular flexibility index (Phi) is 3.25. The van der Waals surface area contributed by atoms with Gasteiger partial charge in [0.15, 0.2) is 5.12 Å². The van der Waals surface area contributed by atoms with Gasteiger partial charge in [0.1, 0.15) is 0 Å². The minimum atomic E-state index is 0.0524. The summed E-state index contributed by atoms with van der Waals surface area (Å²) in [5.74, 6) is 0.0651. The van der Waals surface area contributed by atoms with Crippen molar-refractivity contribution in [3.63, 3.8) is 0 Å². The molecule has 1 amide bonds. The highest BCUT2D eigenvalue weighted by molar-refractivity contribution is 8.14. The van der Waals surface area contributed by atoms with Crippen LogP contribution < -0.4 is 4.90 Å². The average molecular weight is 289 g/mol. The Morgan fingerprint density at radius 1 is 1.50 bits per heavy atom. The Labute approximate surface area is 120 Å². The molecule has 1 N–H and O–H groups in total. The van der Waals surface area contributed by atoms with E-state index in [9.17, 15) is 9.59 Å². The van der Waals surface area contributed by atoms with E-state index in [2.05, 4.69) is 10.2 Å². The van der Waals surface area contributed by atoms with Crippen molar-refractivity contribution in [2.45, 2.75) is 25.5 Å². The topological polar surface area (TPSA) is 66.1 Å². The molecule has 0 saturated carbocycles. The molecule has 2 heterocycles. The second kappa shape index (κ2) is 4.94. The third kappa shape index (κ3) is 2.31. The molecule has 2 aromatic rings. The number of H-pyrrole nitrogens is 1. The van der Waals surface area contributed by atoms with E-state index in [-0.39, 0.29) is 16.3 Å². The first-order chi connectivity index (χ1) is 9.54. The van der Waals surface area contributed by atoms with Crippen LogP contribution in [-0.4, -0.2) is 33.0 Å². The molecule has 6 heteroatoms. The first kappa shape index (κ1) is 13.2. The maximum absolute atomic E-state index is 12.1. The number of amides is 1. The first-order valence-corrected chi connectivity index (χ1v) is 7.35. The van der Waals surface area contributed by atoms with Crippen LogP contribution in [0.25, 0.3) is 10.9 Å². The Hall–Kier alpha value is -1.82. The summed E-state index contributed by atoms with van der Waals surface area (Å²) < 4.78 is 0. The fourth-order valence-corrected chi connectivity index (χ4v) is 3.46. The van der Waals surface area contributed by atoms with Crippen molar-refractivity contribution in [2.24, 2.45) is 0 Å². The number of carbonyl (C=O) groups is 2. The SMILES string of the molecule is CC(=O)SC1CC(=O)N(c2ccc3c(C)[nH]nc3c2)C1. The summed E-state index contributed by atoms with van der Waals surface area (Å²) in [6.07, 6.45) is 0.419. The second-order valence-corrected chi connectivity index (χ2v) is 6.47. The zero-order valence-electron chi connectivity index (χ0n) is 11.3. The highest BCUT2D eigenvalue weighted by atomic mass is 32.2. The summed E-state index contributed by atoms with van der Waals surface area (Å²) in [6.45, 7) is 4.09. The summed E-state index contributed by atoms with van der Waals surface area (Å²) in [4.78, 5) is 25.0. The van der Waals surface area contributed by atoms with Crippen molar-refractivity contribution in [1.29, 1.82) is 0 Å². The van der Waals surface area contributed by atoms with Gasteiger partial charge < -0.3 is 4.90 Å². The third-order valence-corrected chi connectivity index (χ3v) is 4.44. The van der Waals surface area contributed by atoms with Gasteiger partial charge in [-0.05, 0) is 25.1 Å². The van der Waals surface area contributed by atoms with E-state index in [4.69, 9.17) is 0 Å². The molecule has 1 aliphatic heterocycles. The lowest BCUT2D eigenvalue weighted by atomic mass is 10.2. The Morgan fingerprint density at radius 3 is 3.05 bits per heavy atom. The largest absolute Gasteiger partial charge is 0.311 e. The Morgan fingerprint density at radius 2 is 2.30 bits per heavy atom. The maximum atomic E-state index is 12.1. The van der Waals surface area contributed by atoms with Gasteiger partial charge in [0.25, 0.3) is 0 Å². The normalized spacial score (nSPS) is 19.0. The number of aromatic nitrogens is 2. The molecule has 0 aliphatic carbocycles. The monoisotopic (exact) mass is 289 g/mol. The predicted octanol–water partition coefficient (Wildman–Crippen LogP) is 2.26. The zero-order valence-corrected chi connectivity index (χ0v) is 12.2. The molecule has 0 bridgehead atoms. The molecule has 1 unspecified atom stereocenters. The van der Waals surface area contributed by atoms with E-state index in [0.29, 0.717) is 13.0 Å². The van der Waals surface area contributed by atoms with Gasteiger partial charge in [-0.3, -0.25) is 14.7 Å². The highest BCUT2D eigenvalue weighted by Crippen LogP contribution is 2.30. The molecule has 1 aromatic carbocycles. The van der Waals surface area contributed by atoms with Crippen molar-refractivity contribution in [1.82, 2.24) is 10.2 Å².